The Morgan fingerprint density at radius 3 is 2.10 bits per heavy atom. The van der Waals surface area contributed by atoms with E-state index in [2.05, 4.69) is 80.9 Å². The molecule has 1 aliphatic heterocycles. The van der Waals surface area contributed by atoms with Gasteiger partial charge in [0.15, 0.2) is 0 Å². The summed E-state index contributed by atoms with van der Waals surface area (Å²) in [6.45, 7) is 8.83. The van der Waals surface area contributed by atoms with Crippen molar-refractivity contribution >= 4 is 17.1 Å². The molecule has 2 nitrogen and oxygen atoms in total. The van der Waals surface area contributed by atoms with Crippen molar-refractivity contribution in [1.82, 2.24) is 0 Å². The fourth-order valence-electron chi connectivity index (χ4n) is 3.08. The Morgan fingerprint density at radius 1 is 0.800 bits per heavy atom. The predicted octanol–water partition coefficient (Wildman–Crippen LogP) is 4.55. The van der Waals surface area contributed by atoms with Gasteiger partial charge in [-0.2, -0.15) is 0 Å². The lowest BCUT2D eigenvalue weighted by Crippen LogP contribution is -2.36. The molecule has 0 fully saturated rings. The first-order valence-corrected chi connectivity index (χ1v) is 7.19. The number of anilines is 3. The first-order valence-electron chi connectivity index (χ1n) is 7.19. The highest BCUT2D eigenvalue weighted by Gasteiger charge is 2.31. The van der Waals surface area contributed by atoms with E-state index < -0.39 is 0 Å². The molecule has 0 saturated heterocycles. The van der Waals surface area contributed by atoms with Crippen molar-refractivity contribution in [3.63, 3.8) is 0 Å². The molecule has 0 unspecified atom stereocenters. The van der Waals surface area contributed by atoms with E-state index in [4.69, 9.17) is 0 Å². The molecule has 2 heteroatoms. The fourth-order valence-corrected chi connectivity index (χ4v) is 3.08. The molecule has 0 aromatic heterocycles. The molecule has 0 amide bonds. The Balaban J connectivity index is 2.18. The van der Waals surface area contributed by atoms with Crippen molar-refractivity contribution in [1.29, 1.82) is 0 Å². The third kappa shape index (κ3) is 1.79. The van der Waals surface area contributed by atoms with Gasteiger partial charge in [0.1, 0.15) is 6.17 Å². The molecule has 0 spiro atoms. The quantitative estimate of drug-likeness (QED) is 0.747. The molecule has 20 heavy (non-hydrogen) atoms. The minimum absolute atomic E-state index is 0.341. The summed E-state index contributed by atoms with van der Waals surface area (Å²) in [5, 5.41) is 0. The maximum Gasteiger partial charge on any atom is 0.103 e. The van der Waals surface area contributed by atoms with E-state index in [0.29, 0.717) is 6.17 Å². The van der Waals surface area contributed by atoms with E-state index in [-0.39, 0.29) is 0 Å². The Hall–Kier alpha value is -1.96. The second-order valence-corrected chi connectivity index (χ2v) is 5.82. The van der Waals surface area contributed by atoms with Crippen LogP contribution in [0.15, 0.2) is 36.4 Å². The van der Waals surface area contributed by atoms with E-state index >= 15 is 0 Å². The van der Waals surface area contributed by atoms with Gasteiger partial charge < -0.3 is 9.80 Å². The maximum atomic E-state index is 2.44. The number of hydrogen-bond donors (Lipinski definition) is 0. The van der Waals surface area contributed by atoms with E-state index in [0.717, 1.165) is 0 Å². The van der Waals surface area contributed by atoms with Crippen molar-refractivity contribution in [3.8, 4) is 0 Å². The van der Waals surface area contributed by atoms with Gasteiger partial charge in [-0.1, -0.05) is 18.2 Å². The molecular weight excluding hydrogens is 244 g/mol. The lowest BCUT2D eigenvalue weighted by atomic mass is 10.0. The van der Waals surface area contributed by atoms with Crippen LogP contribution in [0.4, 0.5) is 17.1 Å². The summed E-state index contributed by atoms with van der Waals surface area (Å²) in [6.07, 6.45) is 0.341. The third-order valence-corrected chi connectivity index (χ3v) is 4.53. The molecule has 104 valence electrons. The smallest absolute Gasteiger partial charge is 0.103 e. The largest absolute Gasteiger partial charge is 0.353 e. The molecule has 0 aliphatic carbocycles. The zero-order chi connectivity index (χ0) is 14.4. The molecule has 0 saturated carbocycles. The highest BCUT2D eigenvalue weighted by molar-refractivity contribution is 5.84. The highest BCUT2D eigenvalue weighted by Crippen LogP contribution is 2.44. The summed E-state index contributed by atoms with van der Waals surface area (Å²) in [5.41, 5.74) is 7.97. The number of benzene rings is 2. The van der Waals surface area contributed by atoms with Gasteiger partial charge >= 0.3 is 0 Å². The van der Waals surface area contributed by atoms with Gasteiger partial charge in [0, 0.05) is 12.7 Å². The van der Waals surface area contributed by atoms with Crippen molar-refractivity contribution in [2.45, 2.75) is 33.9 Å². The Morgan fingerprint density at radius 2 is 1.40 bits per heavy atom. The second-order valence-electron chi connectivity index (χ2n) is 5.82. The standard InChI is InChI=1S/C18H22N2/c1-12-10-14(3)18(11-13(12)2)20-15(4)19(5)16-8-6-7-9-17(16)20/h6-11,15H,1-5H3/t15-/m0/s1. The molecule has 0 N–H and O–H groups in total. The van der Waals surface area contributed by atoms with E-state index in [9.17, 15) is 0 Å². The van der Waals surface area contributed by atoms with Crippen molar-refractivity contribution in [2.75, 3.05) is 16.8 Å². The number of hydrogen-bond acceptors (Lipinski definition) is 2. The van der Waals surface area contributed by atoms with Gasteiger partial charge in [0.25, 0.3) is 0 Å². The monoisotopic (exact) mass is 266 g/mol. The SMILES string of the molecule is Cc1cc(C)c(N2c3ccccc3N(C)[C@@H]2C)cc1C. The predicted molar refractivity (Wildman–Crippen MR) is 87.1 cm³/mol. The minimum atomic E-state index is 0.341. The van der Waals surface area contributed by atoms with Crippen molar-refractivity contribution in [3.05, 3.63) is 53.1 Å². The number of aryl methyl sites for hydroxylation is 3. The van der Waals surface area contributed by atoms with E-state index in [1.807, 2.05) is 0 Å². The topological polar surface area (TPSA) is 6.48 Å². The van der Waals surface area contributed by atoms with Crippen LogP contribution in [0.1, 0.15) is 23.6 Å². The number of rotatable bonds is 1. The molecule has 1 aliphatic rings. The van der Waals surface area contributed by atoms with Crippen LogP contribution in [0.3, 0.4) is 0 Å². The normalized spacial score (nSPS) is 17.6. The Bertz CT molecular complexity index is 660. The fraction of sp³-hybridized carbons (Fsp3) is 0.333. The summed E-state index contributed by atoms with van der Waals surface area (Å²) in [5.74, 6) is 0. The van der Waals surface area contributed by atoms with Gasteiger partial charge in [-0.25, -0.2) is 0 Å². The van der Waals surface area contributed by atoms with Crippen LogP contribution in [0.2, 0.25) is 0 Å². The van der Waals surface area contributed by atoms with Crippen molar-refractivity contribution < 1.29 is 0 Å². The number of nitrogens with zero attached hydrogens (tertiary/aromatic N) is 2. The molecular formula is C18H22N2. The molecule has 3 rings (SSSR count). The van der Waals surface area contributed by atoms with Crippen LogP contribution < -0.4 is 9.80 Å². The zero-order valence-corrected chi connectivity index (χ0v) is 12.9. The summed E-state index contributed by atoms with van der Waals surface area (Å²) < 4.78 is 0. The van der Waals surface area contributed by atoms with E-state index in [1.165, 1.54) is 33.8 Å². The first-order chi connectivity index (χ1) is 9.50. The van der Waals surface area contributed by atoms with Gasteiger partial charge in [-0.05, 0) is 62.6 Å². The Labute approximate surface area is 121 Å². The molecule has 0 radical (unpaired) electrons. The van der Waals surface area contributed by atoms with Gasteiger partial charge in [-0.3, -0.25) is 0 Å². The molecule has 0 bridgehead atoms. The van der Waals surface area contributed by atoms with Crippen LogP contribution in [0.5, 0.6) is 0 Å². The third-order valence-electron chi connectivity index (χ3n) is 4.53. The average molecular weight is 266 g/mol. The molecule has 1 heterocycles. The second kappa shape index (κ2) is 4.55. The van der Waals surface area contributed by atoms with Gasteiger partial charge in [0.05, 0.1) is 11.4 Å². The average Bonchev–Trinajstić information content (AvgIpc) is 2.68. The van der Waals surface area contributed by atoms with E-state index in [1.54, 1.807) is 0 Å². The molecule has 2 aromatic carbocycles. The van der Waals surface area contributed by atoms with Crippen LogP contribution in [0.25, 0.3) is 0 Å². The summed E-state index contributed by atoms with van der Waals surface area (Å²) in [4.78, 5) is 4.78. The lowest BCUT2D eigenvalue weighted by Gasteiger charge is -2.29. The number of fused-ring (bicyclic) bond motifs is 1. The summed E-state index contributed by atoms with van der Waals surface area (Å²) in [7, 11) is 2.17. The minimum Gasteiger partial charge on any atom is -0.353 e. The zero-order valence-electron chi connectivity index (χ0n) is 12.9. The number of para-hydroxylation sites is 2. The molecule has 2 aromatic rings. The van der Waals surface area contributed by atoms with Crippen LogP contribution in [0, 0.1) is 20.8 Å². The molecule has 1 atom stereocenters. The van der Waals surface area contributed by atoms with Crippen LogP contribution in [-0.2, 0) is 0 Å². The van der Waals surface area contributed by atoms with Crippen molar-refractivity contribution in [2.24, 2.45) is 0 Å². The maximum absolute atomic E-state index is 2.44. The van der Waals surface area contributed by atoms with Crippen LogP contribution >= 0.6 is 0 Å². The van der Waals surface area contributed by atoms with Gasteiger partial charge in [0.2, 0.25) is 0 Å². The summed E-state index contributed by atoms with van der Waals surface area (Å²) >= 11 is 0. The Kier molecular flexibility index (Phi) is 2.97. The summed E-state index contributed by atoms with van der Waals surface area (Å²) in [6, 6.07) is 13.2. The van der Waals surface area contributed by atoms with Crippen LogP contribution in [-0.4, -0.2) is 13.2 Å². The lowest BCUT2D eigenvalue weighted by molar-refractivity contribution is 0.732. The highest BCUT2D eigenvalue weighted by atomic mass is 15.4. The van der Waals surface area contributed by atoms with Gasteiger partial charge in [-0.15, -0.1) is 0 Å². The first kappa shape index (κ1) is 13.0.